The van der Waals surface area contributed by atoms with Gasteiger partial charge >= 0.3 is 5.97 Å². The van der Waals surface area contributed by atoms with Crippen LogP contribution < -0.4 is 10.2 Å². The van der Waals surface area contributed by atoms with Crippen LogP contribution in [0, 0.1) is 12.7 Å². The largest absolute Gasteiger partial charge is 0.481 e. The lowest BCUT2D eigenvalue weighted by atomic mass is 10.1. The number of aliphatic carboxylic acids is 1. The third kappa shape index (κ3) is 4.06. The van der Waals surface area contributed by atoms with Crippen LogP contribution in [0.1, 0.15) is 28.9 Å². The summed E-state index contributed by atoms with van der Waals surface area (Å²) in [5, 5.41) is 12.0. The number of halogens is 2. The third-order valence-corrected chi connectivity index (χ3v) is 5.43. The Balaban J connectivity index is 1.74. The van der Waals surface area contributed by atoms with Gasteiger partial charge < -0.3 is 15.4 Å². The molecule has 3 heterocycles. The lowest BCUT2D eigenvalue weighted by Crippen LogP contribution is -2.21. The number of amides is 1. The average molecular weight is 456 g/mol. The fraction of sp³-hybridized carbons (Fsp3) is 0.182. The summed E-state index contributed by atoms with van der Waals surface area (Å²) < 4.78 is 13.5. The summed E-state index contributed by atoms with van der Waals surface area (Å²) in [6, 6.07) is 6.05. The first-order valence-electron chi connectivity index (χ1n) is 9.72. The molecule has 0 bridgehead atoms. The van der Waals surface area contributed by atoms with Gasteiger partial charge in [-0.15, -0.1) is 0 Å². The van der Waals surface area contributed by atoms with Crippen molar-refractivity contribution in [1.29, 1.82) is 0 Å². The molecular formula is C22H19ClFN5O3. The Morgan fingerprint density at radius 1 is 1.34 bits per heavy atom. The van der Waals surface area contributed by atoms with Crippen molar-refractivity contribution in [2.75, 3.05) is 17.3 Å². The van der Waals surface area contributed by atoms with Gasteiger partial charge in [-0.25, -0.2) is 14.4 Å². The molecule has 0 aliphatic carbocycles. The molecule has 0 atom stereocenters. The predicted octanol–water partition coefficient (Wildman–Crippen LogP) is 4.18. The van der Waals surface area contributed by atoms with Crippen molar-refractivity contribution in [3.63, 3.8) is 0 Å². The first-order valence-corrected chi connectivity index (χ1v) is 10.1. The Labute approximate surface area is 187 Å². The van der Waals surface area contributed by atoms with Gasteiger partial charge in [-0.3, -0.25) is 14.5 Å². The minimum absolute atomic E-state index is 0.00258. The van der Waals surface area contributed by atoms with Crippen molar-refractivity contribution in [2.45, 2.75) is 19.8 Å². The number of fused-ring (bicyclic) bond motifs is 1. The van der Waals surface area contributed by atoms with Crippen LogP contribution in [0.15, 0.2) is 30.6 Å². The number of nitrogens with one attached hydrogen (secondary N) is 2. The summed E-state index contributed by atoms with van der Waals surface area (Å²) in [6.07, 6.45) is 3.40. The molecular weight excluding hydrogens is 437 g/mol. The highest BCUT2D eigenvalue weighted by atomic mass is 35.5. The van der Waals surface area contributed by atoms with Crippen molar-refractivity contribution in [3.05, 3.63) is 63.9 Å². The molecule has 0 radical (unpaired) electrons. The van der Waals surface area contributed by atoms with Crippen LogP contribution >= 0.6 is 11.6 Å². The van der Waals surface area contributed by atoms with Crippen molar-refractivity contribution >= 4 is 52.4 Å². The molecule has 0 fully saturated rings. The Bertz CT molecular complexity index is 1270. The Kier molecular flexibility index (Phi) is 5.67. The van der Waals surface area contributed by atoms with E-state index in [0.717, 1.165) is 11.3 Å². The number of hydrogen-bond acceptors (Lipinski definition) is 5. The molecule has 0 spiro atoms. The van der Waals surface area contributed by atoms with E-state index in [1.54, 1.807) is 13.1 Å². The van der Waals surface area contributed by atoms with E-state index in [9.17, 15) is 14.0 Å². The van der Waals surface area contributed by atoms with E-state index < -0.39 is 11.8 Å². The predicted molar refractivity (Wildman–Crippen MR) is 119 cm³/mol. The number of anilines is 3. The maximum atomic E-state index is 13.5. The zero-order valence-electron chi connectivity index (χ0n) is 17.2. The quantitative estimate of drug-likeness (QED) is 0.481. The molecule has 3 aromatic rings. The van der Waals surface area contributed by atoms with Crippen LogP contribution in [0.3, 0.4) is 0 Å². The summed E-state index contributed by atoms with van der Waals surface area (Å²) in [6.45, 7) is 1.87. The van der Waals surface area contributed by atoms with Crippen molar-refractivity contribution in [3.8, 4) is 0 Å². The molecule has 4 rings (SSSR count). The zero-order valence-corrected chi connectivity index (χ0v) is 18.0. The average Bonchev–Trinajstić information content (AvgIpc) is 3.22. The molecule has 1 aliphatic rings. The van der Waals surface area contributed by atoms with Crippen LogP contribution in [-0.2, 0) is 16.0 Å². The molecule has 1 aromatic carbocycles. The SMILES string of the molecule is Cc1cc(CCC(=O)O)[nH]c1C=C1C(=O)N(C)c2ncnc(Nc3ccc(F)c(Cl)c3)c21. The van der Waals surface area contributed by atoms with E-state index >= 15 is 0 Å². The van der Waals surface area contributed by atoms with E-state index in [4.69, 9.17) is 16.7 Å². The van der Waals surface area contributed by atoms with Crippen molar-refractivity contribution in [1.82, 2.24) is 15.0 Å². The Morgan fingerprint density at radius 3 is 2.84 bits per heavy atom. The number of carbonyl (C=O) groups is 2. The number of H-pyrrole nitrogens is 1. The number of hydrogen-bond donors (Lipinski definition) is 3. The second kappa shape index (κ2) is 8.43. The van der Waals surface area contributed by atoms with E-state index in [-0.39, 0.29) is 17.4 Å². The van der Waals surface area contributed by atoms with Crippen molar-refractivity contribution in [2.24, 2.45) is 0 Å². The number of aromatic amines is 1. The van der Waals surface area contributed by atoms with Gasteiger partial charge in [0.2, 0.25) is 0 Å². The van der Waals surface area contributed by atoms with Gasteiger partial charge in [-0.2, -0.15) is 0 Å². The molecule has 2 aromatic heterocycles. The summed E-state index contributed by atoms with van der Waals surface area (Å²) in [5.74, 6) is -0.880. The van der Waals surface area contributed by atoms with E-state index in [1.807, 2.05) is 13.0 Å². The molecule has 3 N–H and O–H groups in total. The van der Waals surface area contributed by atoms with E-state index in [0.29, 0.717) is 40.6 Å². The molecule has 32 heavy (non-hydrogen) atoms. The molecule has 0 saturated heterocycles. The topological polar surface area (TPSA) is 111 Å². The van der Waals surface area contributed by atoms with Gasteiger partial charge in [0.1, 0.15) is 23.8 Å². The Hall–Kier alpha value is -3.72. The van der Waals surface area contributed by atoms with Gasteiger partial charge in [0.25, 0.3) is 5.91 Å². The van der Waals surface area contributed by atoms with Crippen LogP contribution in [-0.4, -0.2) is 39.0 Å². The maximum absolute atomic E-state index is 13.5. The normalized spacial score (nSPS) is 14.2. The second-order valence-corrected chi connectivity index (χ2v) is 7.79. The summed E-state index contributed by atoms with van der Waals surface area (Å²) in [4.78, 5) is 37.0. The third-order valence-electron chi connectivity index (χ3n) is 5.14. The Morgan fingerprint density at radius 2 is 2.12 bits per heavy atom. The highest BCUT2D eigenvalue weighted by Crippen LogP contribution is 2.40. The monoisotopic (exact) mass is 455 g/mol. The van der Waals surface area contributed by atoms with E-state index in [1.165, 1.54) is 29.4 Å². The first-order chi connectivity index (χ1) is 15.2. The smallest absolute Gasteiger partial charge is 0.303 e. The lowest BCUT2D eigenvalue weighted by Gasteiger charge is -2.11. The summed E-state index contributed by atoms with van der Waals surface area (Å²) >= 11 is 5.88. The summed E-state index contributed by atoms with van der Waals surface area (Å²) in [5.41, 5.74) is 3.70. The number of rotatable bonds is 6. The van der Waals surface area contributed by atoms with Crippen molar-refractivity contribution < 1.29 is 19.1 Å². The van der Waals surface area contributed by atoms with Gasteiger partial charge in [0.05, 0.1) is 22.6 Å². The number of aryl methyl sites for hydroxylation is 2. The second-order valence-electron chi connectivity index (χ2n) is 7.38. The highest BCUT2D eigenvalue weighted by molar-refractivity contribution is 6.36. The fourth-order valence-corrected chi connectivity index (χ4v) is 3.70. The molecule has 10 heteroatoms. The number of carboxylic acid groups (broad SMARTS) is 1. The van der Waals surface area contributed by atoms with Crippen LogP contribution in [0.25, 0.3) is 11.6 Å². The van der Waals surface area contributed by atoms with E-state index in [2.05, 4.69) is 20.3 Å². The zero-order chi connectivity index (χ0) is 23.0. The molecule has 1 amide bonds. The number of aromatic nitrogens is 3. The van der Waals surface area contributed by atoms with Gasteiger partial charge in [-0.1, -0.05) is 11.6 Å². The minimum Gasteiger partial charge on any atom is -0.481 e. The van der Waals surface area contributed by atoms with Crippen LogP contribution in [0.5, 0.6) is 0 Å². The highest BCUT2D eigenvalue weighted by Gasteiger charge is 2.34. The maximum Gasteiger partial charge on any atom is 0.303 e. The van der Waals surface area contributed by atoms with Gasteiger partial charge in [0, 0.05) is 24.1 Å². The molecule has 8 nitrogen and oxygen atoms in total. The number of nitrogens with zero attached hydrogens (tertiary/aromatic N) is 3. The van der Waals surface area contributed by atoms with Gasteiger partial charge in [0.15, 0.2) is 0 Å². The first kappa shape index (κ1) is 21.5. The fourth-order valence-electron chi connectivity index (χ4n) is 3.52. The summed E-state index contributed by atoms with van der Waals surface area (Å²) in [7, 11) is 1.62. The minimum atomic E-state index is -0.882. The van der Waals surface area contributed by atoms with Crippen LogP contribution in [0.4, 0.5) is 21.7 Å². The molecule has 0 unspecified atom stereocenters. The van der Waals surface area contributed by atoms with Crippen LogP contribution in [0.2, 0.25) is 5.02 Å². The van der Waals surface area contributed by atoms with Gasteiger partial charge in [-0.05, 0) is 49.2 Å². The standard InChI is InChI=1S/C22H19ClFN5O3/c1-11-7-12(4-6-18(30)31)27-17(11)9-14-19-20(25-10-26-21(19)29(2)22(14)32)28-13-3-5-16(24)15(23)8-13/h3,5,7-10,27H,4,6H2,1-2H3,(H,30,31)(H,25,26,28). The lowest BCUT2D eigenvalue weighted by molar-refractivity contribution is -0.137. The molecule has 164 valence electrons. The number of likely N-dealkylation sites (N-methyl/N-ethyl adjacent to an activating group) is 1. The number of carbonyl (C=O) groups excluding carboxylic acids is 1. The molecule has 1 aliphatic heterocycles. The molecule has 0 saturated carbocycles. The number of benzene rings is 1. The number of carboxylic acids is 1.